The Hall–Kier alpha value is -6.39. The van der Waals surface area contributed by atoms with Gasteiger partial charge in [0, 0.05) is 54.4 Å². The molecule has 0 unspecified atom stereocenters. The van der Waals surface area contributed by atoms with Crippen LogP contribution < -0.4 is 10.6 Å². The Kier molecular flexibility index (Phi) is 11.7. The van der Waals surface area contributed by atoms with Crippen LogP contribution in [0.3, 0.4) is 0 Å². The summed E-state index contributed by atoms with van der Waals surface area (Å²) in [7, 11) is 2.56. The molecule has 5 aromatic rings. The minimum atomic E-state index is -0.713. The van der Waals surface area contributed by atoms with E-state index in [1.165, 1.54) is 14.2 Å². The standard InChI is InChI=1S/C41H49N11O6/c1-22(2)33(49-40(55)57-5)38(53)51-13-7-9-31(51)36-45-20-29(47-36)25-12-11-24-16-28(42-17-26(24)15-25)35-43-18-27(19-44-35)30-21-46-37(48-30)32-10-8-14-52(32)39(54)34(23(3)4)50-41(56)58-6/h11-12,15-23,31-34H,7-10,13-14H2,1-6H3,(H,45,47)(H,46,48)(H,49,55)(H,50,56)/t31-,32-,33-,34-/m0/s1. The van der Waals surface area contributed by atoms with Crippen LogP contribution in [-0.4, -0.2) is 108 Å². The number of fused-ring (bicyclic) bond motifs is 1. The van der Waals surface area contributed by atoms with E-state index in [9.17, 15) is 19.2 Å². The smallest absolute Gasteiger partial charge is 0.407 e. The van der Waals surface area contributed by atoms with Crippen molar-refractivity contribution >= 4 is 34.8 Å². The molecular formula is C41H49N11O6. The number of pyridine rings is 1. The van der Waals surface area contributed by atoms with Gasteiger partial charge in [-0.3, -0.25) is 14.6 Å². The Morgan fingerprint density at radius 2 is 1.31 bits per heavy atom. The highest BCUT2D eigenvalue weighted by molar-refractivity contribution is 5.89. The number of carbonyl (C=O) groups is 4. The van der Waals surface area contributed by atoms with Crippen LogP contribution in [0.25, 0.3) is 44.8 Å². The zero-order chi connectivity index (χ0) is 41.1. The first-order valence-electron chi connectivity index (χ1n) is 19.6. The SMILES string of the molecule is COC(=O)N[C@H](C(=O)N1CCC[C@H]1c1nc(-c2cnc(-c3cc4ccc(-c5cnc([C@@H]6CCCN6C(=O)[C@@H](NC(=O)OC)C(C)C)[nH]5)cc4cn3)nc2)c[nH]1)C(C)C. The fourth-order valence-corrected chi connectivity index (χ4v) is 7.72. The molecule has 17 nitrogen and oxygen atoms in total. The largest absolute Gasteiger partial charge is 0.453 e. The van der Waals surface area contributed by atoms with Crippen molar-refractivity contribution in [3.05, 3.63) is 66.9 Å². The number of ether oxygens (including phenoxy) is 2. The minimum absolute atomic E-state index is 0.119. The van der Waals surface area contributed by atoms with Crippen LogP contribution in [-0.2, 0) is 19.1 Å². The molecular weight excluding hydrogens is 743 g/mol. The van der Waals surface area contributed by atoms with E-state index in [-0.39, 0.29) is 35.7 Å². The zero-order valence-electron chi connectivity index (χ0n) is 33.5. The summed E-state index contributed by atoms with van der Waals surface area (Å²) in [6, 6.07) is 6.09. The van der Waals surface area contributed by atoms with Crippen molar-refractivity contribution in [3.63, 3.8) is 0 Å². The van der Waals surface area contributed by atoms with Gasteiger partial charge in [0.25, 0.3) is 0 Å². The number of imidazole rings is 2. The molecule has 4 amide bonds. The van der Waals surface area contributed by atoms with Crippen LogP contribution in [0.1, 0.15) is 77.1 Å². The maximum absolute atomic E-state index is 13.6. The summed E-state index contributed by atoms with van der Waals surface area (Å²) >= 11 is 0. The number of rotatable bonds is 11. The van der Waals surface area contributed by atoms with Crippen LogP contribution in [0.15, 0.2) is 55.2 Å². The zero-order valence-corrected chi connectivity index (χ0v) is 33.5. The van der Waals surface area contributed by atoms with E-state index < -0.39 is 24.3 Å². The number of nitrogens with zero attached hydrogens (tertiary/aromatic N) is 7. The Morgan fingerprint density at radius 1 is 0.707 bits per heavy atom. The molecule has 0 bridgehead atoms. The number of nitrogens with one attached hydrogen (secondary N) is 4. The van der Waals surface area contributed by atoms with Gasteiger partial charge in [-0.1, -0.05) is 39.8 Å². The molecule has 4 atom stereocenters. The number of carbonyl (C=O) groups excluding carboxylic acids is 4. The molecule has 4 N–H and O–H groups in total. The van der Waals surface area contributed by atoms with Crippen LogP contribution in [0.4, 0.5) is 9.59 Å². The first-order valence-corrected chi connectivity index (χ1v) is 19.6. The second kappa shape index (κ2) is 17.0. The minimum Gasteiger partial charge on any atom is -0.453 e. The monoisotopic (exact) mass is 791 g/mol. The summed E-state index contributed by atoms with van der Waals surface area (Å²) in [5.74, 6) is 1.25. The van der Waals surface area contributed by atoms with E-state index in [0.717, 1.165) is 47.7 Å². The number of hydrogen-bond donors (Lipinski definition) is 4. The van der Waals surface area contributed by atoms with Gasteiger partial charge in [-0.15, -0.1) is 0 Å². The van der Waals surface area contributed by atoms with E-state index >= 15 is 0 Å². The fourth-order valence-electron chi connectivity index (χ4n) is 7.72. The number of H-pyrrole nitrogens is 2. The second-order valence-corrected chi connectivity index (χ2v) is 15.4. The summed E-state index contributed by atoms with van der Waals surface area (Å²) in [4.78, 5) is 84.6. The molecule has 2 aliphatic heterocycles. The number of hydrogen-bond acceptors (Lipinski definition) is 11. The Morgan fingerprint density at radius 3 is 1.90 bits per heavy atom. The van der Waals surface area contributed by atoms with E-state index in [1.807, 2.05) is 52.0 Å². The number of methoxy groups -OCH3 is 2. The molecule has 2 aliphatic rings. The predicted octanol–water partition coefficient (Wildman–Crippen LogP) is 5.56. The highest BCUT2D eigenvalue weighted by Crippen LogP contribution is 2.35. The lowest BCUT2D eigenvalue weighted by molar-refractivity contribution is -0.136. The van der Waals surface area contributed by atoms with E-state index in [1.54, 1.807) is 40.8 Å². The lowest BCUT2D eigenvalue weighted by Gasteiger charge is -2.30. The average Bonchev–Trinajstić information content (AvgIpc) is 4.07. The Bertz CT molecular complexity index is 2290. The molecule has 0 saturated carbocycles. The topological polar surface area (TPSA) is 213 Å². The maximum atomic E-state index is 13.6. The molecule has 4 aromatic heterocycles. The van der Waals surface area contributed by atoms with Gasteiger partial charge < -0.3 is 39.9 Å². The van der Waals surface area contributed by atoms with Crippen molar-refractivity contribution in [1.82, 2.24) is 55.3 Å². The highest BCUT2D eigenvalue weighted by atomic mass is 16.5. The molecule has 2 saturated heterocycles. The first-order chi connectivity index (χ1) is 27.9. The maximum Gasteiger partial charge on any atom is 0.407 e. The van der Waals surface area contributed by atoms with Crippen LogP contribution in [0.5, 0.6) is 0 Å². The Labute approximate surface area is 335 Å². The highest BCUT2D eigenvalue weighted by Gasteiger charge is 2.39. The van der Waals surface area contributed by atoms with Gasteiger partial charge in [0.2, 0.25) is 11.8 Å². The van der Waals surface area contributed by atoms with Crippen molar-refractivity contribution in [1.29, 1.82) is 0 Å². The average molecular weight is 792 g/mol. The van der Waals surface area contributed by atoms with Gasteiger partial charge in [-0.05, 0) is 55.0 Å². The number of aromatic amines is 2. The molecule has 17 heteroatoms. The van der Waals surface area contributed by atoms with E-state index in [0.29, 0.717) is 47.5 Å². The number of likely N-dealkylation sites (tertiary alicyclic amines) is 2. The van der Waals surface area contributed by atoms with Crippen LogP contribution >= 0.6 is 0 Å². The number of alkyl carbamates (subject to hydrolysis) is 2. The molecule has 0 spiro atoms. The van der Waals surface area contributed by atoms with E-state index in [2.05, 4.69) is 40.5 Å². The first kappa shape index (κ1) is 39.8. The molecule has 0 aliphatic carbocycles. The molecule has 304 valence electrons. The Balaban J connectivity index is 1.02. The molecule has 2 fully saturated rings. The van der Waals surface area contributed by atoms with Crippen LogP contribution in [0.2, 0.25) is 0 Å². The van der Waals surface area contributed by atoms with Gasteiger partial charge in [0.05, 0.1) is 43.9 Å². The molecule has 6 heterocycles. The summed E-state index contributed by atoms with van der Waals surface area (Å²) in [6.07, 6.45) is 10.6. The van der Waals surface area contributed by atoms with Crippen molar-refractivity contribution in [2.45, 2.75) is 77.5 Å². The van der Waals surface area contributed by atoms with Gasteiger partial charge >= 0.3 is 12.2 Å². The second-order valence-electron chi connectivity index (χ2n) is 15.4. The third-order valence-electron chi connectivity index (χ3n) is 10.9. The van der Waals surface area contributed by atoms with Crippen molar-refractivity contribution in [3.8, 4) is 34.0 Å². The predicted molar refractivity (Wildman–Crippen MR) is 214 cm³/mol. The summed E-state index contributed by atoms with van der Waals surface area (Å²) < 4.78 is 9.50. The quantitative estimate of drug-likeness (QED) is 0.130. The van der Waals surface area contributed by atoms with Gasteiger partial charge in [0.15, 0.2) is 5.82 Å². The fraction of sp³-hybridized carbons (Fsp3) is 0.439. The lowest BCUT2D eigenvalue weighted by atomic mass is 10.0. The number of amides is 4. The van der Waals surface area contributed by atoms with Crippen LogP contribution in [0, 0.1) is 11.8 Å². The summed E-state index contributed by atoms with van der Waals surface area (Å²) in [5.41, 5.74) is 3.72. The normalized spacial score (nSPS) is 17.8. The third kappa shape index (κ3) is 8.19. The molecule has 1 aromatic carbocycles. The van der Waals surface area contributed by atoms with Crippen molar-refractivity contribution in [2.24, 2.45) is 11.8 Å². The number of benzene rings is 1. The molecule has 58 heavy (non-hydrogen) atoms. The van der Waals surface area contributed by atoms with Gasteiger partial charge in [-0.2, -0.15) is 0 Å². The third-order valence-corrected chi connectivity index (χ3v) is 10.9. The van der Waals surface area contributed by atoms with E-state index in [4.69, 9.17) is 14.5 Å². The molecule has 0 radical (unpaired) electrons. The lowest BCUT2D eigenvalue weighted by Crippen LogP contribution is -2.51. The summed E-state index contributed by atoms with van der Waals surface area (Å²) in [5, 5.41) is 7.25. The molecule has 7 rings (SSSR count). The van der Waals surface area contributed by atoms with Crippen molar-refractivity contribution in [2.75, 3.05) is 27.3 Å². The van der Waals surface area contributed by atoms with Crippen molar-refractivity contribution < 1.29 is 28.7 Å². The van der Waals surface area contributed by atoms with Gasteiger partial charge in [-0.25, -0.2) is 29.5 Å². The number of aromatic nitrogens is 7. The summed E-state index contributed by atoms with van der Waals surface area (Å²) in [6.45, 7) is 8.69. The van der Waals surface area contributed by atoms with Gasteiger partial charge in [0.1, 0.15) is 29.4 Å².